The molecule has 0 spiro atoms. The summed E-state index contributed by atoms with van der Waals surface area (Å²) in [6.45, 7) is 8.88. The van der Waals surface area contributed by atoms with Crippen molar-refractivity contribution in [3.8, 4) is 0 Å². The molecule has 0 aromatic heterocycles. The van der Waals surface area contributed by atoms with Gasteiger partial charge in [0.2, 0.25) is 0 Å². The van der Waals surface area contributed by atoms with Crippen molar-refractivity contribution in [2.24, 2.45) is 5.41 Å². The molecule has 1 unspecified atom stereocenters. The van der Waals surface area contributed by atoms with Gasteiger partial charge in [0.1, 0.15) is 0 Å². The molecule has 33 heavy (non-hydrogen) atoms. The van der Waals surface area contributed by atoms with Gasteiger partial charge in [-0.05, 0) is 25.7 Å². The summed E-state index contributed by atoms with van der Waals surface area (Å²) in [6, 6.07) is 0. The van der Waals surface area contributed by atoms with E-state index >= 15 is 0 Å². The van der Waals surface area contributed by atoms with Gasteiger partial charge in [-0.3, -0.25) is 9.59 Å². The zero-order valence-electron chi connectivity index (χ0n) is 23.0. The van der Waals surface area contributed by atoms with Crippen LogP contribution in [0, 0.1) is 5.41 Å². The van der Waals surface area contributed by atoms with E-state index in [1.165, 1.54) is 77.0 Å². The molecule has 0 aliphatic carbocycles. The normalized spacial score (nSPS) is 13.1. The van der Waals surface area contributed by atoms with Crippen molar-refractivity contribution >= 4 is 11.9 Å². The van der Waals surface area contributed by atoms with Gasteiger partial charge in [0.25, 0.3) is 0 Å². The molecule has 0 heterocycles. The Balaban J connectivity index is 4.96. The van der Waals surface area contributed by atoms with Gasteiger partial charge in [-0.15, -0.1) is 0 Å². The SMILES string of the molecule is CCCCCCCCC(=O)OC(=O)C(CCCCC)(CCCCCC)CCCCCCCC. The van der Waals surface area contributed by atoms with E-state index in [1.54, 1.807) is 0 Å². The minimum Gasteiger partial charge on any atom is -0.393 e. The molecular weight excluding hydrogens is 408 g/mol. The van der Waals surface area contributed by atoms with Gasteiger partial charge in [-0.25, -0.2) is 0 Å². The molecule has 0 aromatic rings. The highest BCUT2D eigenvalue weighted by atomic mass is 16.6. The number of hydrogen-bond acceptors (Lipinski definition) is 3. The van der Waals surface area contributed by atoms with Crippen LogP contribution in [0.3, 0.4) is 0 Å². The maximum absolute atomic E-state index is 13.4. The predicted molar refractivity (Wildman–Crippen MR) is 142 cm³/mol. The highest BCUT2D eigenvalue weighted by Crippen LogP contribution is 2.39. The minimum absolute atomic E-state index is 0.209. The number of carbonyl (C=O) groups is 2. The maximum Gasteiger partial charge on any atom is 0.319 e. The van der Waals surface area contributed by atoms with Crippen molar-refractivity contribution in [3.63, 3.8) is 0 Å². The van der Waals surface area contributed by atoms with Gasteiger partial charge in [-0.1, -0.05) is 143 Å². The van der Waals surface area contributed by atoms with Crippen LogP contribution in [0.5, 0.6) is 0 Å². The Morgan fingerprint density at radius 3 is 1.30 bits per heavy atom. The Labute approximate surface area is 207 Å². The summed E-state index contributed by atoms with van der Waals surface area (Å²) < 4.78 is 5.55. The molecule has 0 saturated carbocycles. The monoisotopic (exact) mass is 466 g/mol. The molecule has 0 aromatic carbocycles. The summed E-state index contributed by atoms with van der Waals surface area (Å²) in [7, 11) is 0. The van der Waals surface area contributed by atoms with Crippen molar-refractivity contribution in [2.75, 3.05) is 0 Å². The average Bonchev–Trinajstić information content (AvgIpc) is 2.80. The van der Waals surface area contributed by atoms with E-state index in [1.807, 2.05) is 0 Å². The third kappa shape index (κ3) is 17.3. The van der Waals surface area contributed by atoms with E-state index in [-0.39, 0.29) is 11.9 Å². The Morgan fingerprint density at radius 1 is 0.485 bits per heavy atom. The first-order valence-electron chi connectivity index (χ1n) is 14.8. The molecule has 0 bridgehead atoms. The van der Waals surface area contributed by atoms with Crippen molar-refractivity contribution < 1.29 is 14.3 Å². The third-order valence-corrected chi connectivity index (χ3v) is 7.15. The molecule has 0 N–H and O–H groups in total. The lowest BCUT2D eigenvalue weighted by Gasteiger charge is -2.32. The molecule has 196 valence electrons. The Bertz CT molecular complexity index is 459. The molecule has 0 fully saturated rings. The highest BCUT2D eigenvalue weighted by Gasteiger charge is 2.39. The number of carbonyl (C=O) groups excluding carboxylic acids is 2. The Kier molecular flexibility index (Phi) is 22.3. The van der Waals surface area contributed by atoms with Crippen LogP contribution in [-0.4, -0.2) is 11.9 Å². The Hall–Kier alpha value is -0.860. The third-order valence-electron chi connectivity index (χ3n) is 7.15. The topological polar surface area (TPSA) is 43.4 Å². The second kappa shape index (κ2) is 22.9. The van der Waals surface area contributed by atoms with Crippen LogP contribution in [0.1, 0.15) is 175 Å². The van der Waals surface area contributed by atoms with Crippen molar-refractivity contribution in [1.82, 2.24) is 0 Å². The molecule has 0 amide bonds. The van der Waals surface area contributed by atoms with Crippen LogP contribution in [0.2, 0.25) is 0 Å². The summed E-state index contributed by atoms with van der Waals surface area (Å²) in [6.07, 6.45) is 25.2. The lowest BCUT2D eigenvalue weighted by Crippen LogP contribution is -2.35. The molecule has 0 aliphatic rings. The van der Waals surface area contributed by atoms with Crippen LogP contribution >= 0.6 is 0 Å². The van der Waals surface area contributed by atoms with E-state index < -0.39 is 5.41 Å². The molecular formula is C30H58O3. The van der Waals surface area contributed by atoms with Gasteiger partial charge in [0.05, 0.1) is 5.41 Å². The van der Waals surface area contributed by atoms with Gasteiger partial charge < -0.3 is 4.74 Å². The smallest absolute Gasteiger partial charge is 0.319 e. The van der Waals surface area contributed by atoms with Crippen LogP contribution in [0.15, 0.2) is 0 Å². The number of hydrogen-bond donors (Lipinski definition) is 0. The van der Waals surface area contributed by atoms with E-state index in [0.717, 1.165) is 64.2 Å². The van der Waals surface area contributed by atoms with E-state index in [2.05, 4.69) is 27.7 Å². The van der Waals surface area contributed by atoms with Crippen LogP contribution in [-0.2, 0) is 14.3 Å². The fourth-order valence-corrected chi connectivity index (χ4v) is 4.84. The largest absolute Gasteiger partial charge is 0.393 e. The van der Waals surface area contributed by atoms with E-state index in [9.17, 15) is 9.59 Å². The minimum atomic E-state index is -0.454. The lowest BCUT2D eigenvalue weighted by molar-refractivity contribution is -0.169. The average molecular weight is 467 g/mol. The molecule has 3 nitrogen and oxygen atoms in total. The zero-order chi connectivity index (χ0) is 24.6. The summed E-state index contributed by atoms with van der Waals surface area (Å²) >= 11 is 0. The van der Waals surface area contributed by atoms with Crippen LogP contribution in [0.4, 0.5) is 0 Å². The van der Waals surface area contributed by atoms with Crippen LogP contribution < -0.4 is 0 Å². The quantitative estimate of drug-likeness (QED) is 0.0807. The number of rotatable bonds is 24. The van der Waals surface area contributed by atoms with Crippen LogP contribution in [0.25, 0.3) is 0 Å². The van der Waals surface area contributed by atoms with Gasteiger partial charge >= 0.3 is 11.9 Å². The molecule has 0 radical (unpaired) electrons. The first kappa shape index (κ1) is 32.1. The number of unbranched alkanes of at least 4 members (excludes halogenated alkanes) is 15. The first-order valence-corrected chi connectivity index (χ1v) is 14.8. The van der Waals surface area contributed by atoms with Crippen molar-refractivity contribution in [3.05, 3.63) is 0 Å². The molecule has 1 atom stereocenters. The predicted octanol–water partition coefficient (Wildman–Crippen LogP) is 10.1. The summed E-state index contributed by atoms with van der Waals surface area (Å²) in [5.74, 6) is -0.508. The van der Waals surface area contributed by atoms with Gasteiger partial charge in [0, 0.05) is 6.42 Å². The summed E-state index contributed by atoms with van der Waals surface area (Å²) in [5.41, 5.74) is -0.454. The van der Waals surface area contributed by atoms with Crippen molar-refractivity contribution in [1.29, 1.82) is 0 Å². The van der Waals surface area contributed by atoms with E-state index in [4.69, 9.17) is 4.74 Å². The van der Waals surface area contributed by atoms with E-state index in [0.29, 0.717) is 6.42 Å². The molecule has 0 rings (SSSR count). The molecule has 0 aliphatic heterocycles. The van der Waals surface area contributed by atoms with Crippen molar-refractivity contribution in [2.45, 2.75) is 175 Å². The highest BCUT2D eigenvalue weighted by molar-refractivity contribution is 5.88. The second-order valence-corrected chi connectivity index (χ2v) is 10.3. The zero-order valence-corrected chi connectivity index (χ0v) is 23.0. The molecule has 3 heteroatoms. The molecule has 0 saturated heterocycles. The maximum atomic E-state index is 13.4. The first-order chi connectivity index (χ1) is 16.1. The lowest BCUT2D eigenvalue weighted by atomic mass is 9.74. The van der Waals surface area contributed by atoms with Gasteiger partial charge in [0.15, 0.2) is 0 Å². The standard InChI is InChI=1S/C30H58O3/c1-5-9-13-16-18-20-24-28(31)33-29(32)30(25-21-12-8-4,26-22-15-11-7-3)27-23-19-17-14-10-6-2/h5-27H2,1-4H3. The number of ether oxygens (including phenoxy) is 1. The summed E-state index contributed by atoms with van der Waals surface area (Å²) in [4.78, 5) is 25.9. The fraction of sp³-hybridized carbons (Fsp3) is 0.933. The fourth-order valence-electron chi connectivity index (χ4n) is 4.84. The second-order valence-electron chi connectivity index (χ2n) is 10.3. The van der Waals surface area contributed by atoms with Gasteiger partial charge in [-0.2, -0.15) is 0 Å². The Morgan fingerprint density at radius 2 is 0.818 bits per heavy atom. The summed E-state index contributed by atoms with van der Waals surface area (Å²) in [5, 5.41) is 0. The number of esters is 2.